The third-order valence-electron chi connectivity index (χ3n) is 1.46. The Bertz CT molecular complexity index is 83.3. The predicted molar refractivity (Wildman–Crippen MR) is 43.9 cm³/mol. The lowest BCUT2D eigenvalue weighted by atomic mass is 10.4. The van der Waals surface area contributed by atoms with Crippen LogP contribution in [0.5, 0.6) is 0 Å². The fraction of sp³-hybridized carbons (Fsp3) is 0.750. The summed E-state index contributed by atoms with van der Waals surface area (Å²) in [5.74, 6) is 0. The molecule has 0 atom stereocenters. The smallest absolute Gasteiger partial charge is 0.0479 e. The molecule has 0 fully saturated rings. The first kappa shape index (κ1) is 9.50. The van der Waals surface area contributed by atoms with Crippen molar-refractivity contribution in [2.45, 2.75) is 13.3 Å². The molecule has 0 aromatic rings. The van der Waals surface area contributed by atoms with Crippen LogP contribution in [0.3, 0.4) is 0 Å². The van der Waals surface area contributed by atoms with Crippen LogP contribution in [0.15, 0.2) is 12.8 Å². The quantitative estimate of drug-likeness (QED) is 0.522. The van der Waals surface area contributed by atoms with Crippen LogP contribution in [0, 0.1) is 0 Å². The first-order valence-corrected chi connectivity index (χ1v) is 3.70. The second kappa shape index (κ2) is 6.62. The lowest BCUT2D eigenvalue weighted by Gasteiger charge is -2.16. The third-order valence-corrected chi connectivity index (χ3v) is 1.46. The fourth-order valence-corrected chi connectivity index (χ4v) is 0.790. The summed E-state index contributed by atoms with van der Waals surface area (Å²) < 4.78 is 4.92. The number of hydrogen-bond acceptors (Lipinski definition) is 2. The summed E-state index contributed by atoms with van der Waals surface area (Å²) in [5, 5.41) is 0. The molecule has 0 aliphatic rings. The average Bonchev–Trinajstić information content (AvgIpc) is 1.99. The van der Waals surface area contributed by atoms with E-state index in [1.165, 1.54) is 0 Å². The number of nitrogens with zero attached hydrogens (tertiary/aromatic N) is 1. The fourth-order valence-electron chi connectivity index (χ4n) is 0.790. The molecule has 2 nitrogen and oxygen atoms in total. The molecule has 60 valence electrons. The molecule has 0 aliphatic heterocycles. The van der Waals surface area contributed by atoms with Crippen LogP contribution < -0.4 is 0 Å². The molecule has 0 aromatic heterocycles. The van der Waals surface area contributed by atoms with Crippen LogP contribution in [-0.4, -0.2) is 31.7 Å². The molecule has 0 saturated heterocycles. The molecular formula is C8H17NO. The highest BCUT2D eigenvalue weighted by molar-refractivity contribution is 4.68. The van der Waals surface area contributed by atoms with Gasteiger partial charge in [-0.15, -0.1) is 0 Å². The molecule has 0 N–H and O–H groups in total. The maximum absolute atomic E-state index is 4.92. The topological polar surface area (TPSA) is 12.5 Å². The summed E-state index contributed by atoms with van der Waals surface area (Å²) in [6, 6.07) is 0. The minimum absolute atomic E-state index is 0.838. The van der Waals surface area contributed by atoms with Gasteiger partial charge in [-0.25, -0.2) is 0 Å². The highest BCUT2D eigenvalue weighted by atomic mass is 16.5. The standard InChI is InChI=1S/C8H17NO/c1-4-9(5-2)7-6-8-10-3/h4H,1,5-8H2,2-3H3. The molecule has 0 radical (unpaired) electrons. The van der Waals surface area contributed by atoms with Crippen molar-refractivity contribution in [3.63, 3.8) is 0 Å². The Balaban J connectivity index is 3.17. The van der Waals surface area contributed by atoms with Crippen LogP contribution in [0.25, 0.3) is 0 Å². The lowest BCUT2D eigenvalue weighted by molar-refractivity contribution is 0.184. The van der Waals surface area contributed by atoms with Crippen LogP contribution in [0.4, 0.5) is 0 Å². The van der Waals surface area contributed by atoms with Crippen LogP contribution >= 0.6 is 0 Å². The highest BCUT2D eigenvalue weighted by Gasteiger charge is 1.92. The van der Waals surface area contributed by atoms with Gasteiger partial charge in [0.05, 0.1) is 0 Å². The number of ether oxygens (including phenoxy) is 1. The van der Waals surface area contributed by atoms with Crippen molar-refractivity contribution < 1.29 is 4.74 Å². The van der Waals surface area contributed by atoms with Crippen molar-refractivity contribution in [1.29, 1.82) is 0 Å². The number of hydrogen-bond donors (Lipinski definition) is 0. The van der Waals surface area contributed by atoms with E-state index in [1.807, 2.05) is 6.20 Å². The third kappa shape index (κ3) is 4.39. The first-order chi connectivity index (χ1) is 4.85. The molecule has 10 heavy (non-hydrogen) atoms. The average molecular weight is 143 g/mol. The van der Waals surface area contributed by atoms with Crippen molar-refractivity contribution in [3.05, 3.63) is 12.8 Å². The molecule has 0 saturated carbocycles. The Morgan fingerprint density at radius 1 is 1.60 bits per heavy atom. The summed E-state index contributed by atoms with van der Waals surface area (Å²) in [7, 11) is 1.73. The monoisotopic (exact) mass is 143 g/mol. The maximum Gasteiger partial charge on any atom is 0.0479 e. The van der Waals surface area contributed by atoms with Gasteiger partial charge in [0.1, 0.15) is 0 Å². The molecule has 0 heterocycles. The van der Waals surface area contributed by atoms with Gasteiger partial charge in [-0.3, -0.25) is 0 Å². The molecule has 0 spiro atoms. The zero-order valence-corrected chi connectivity index (χ0v) is 6.97. The zero-order chi connectivity index (χ0) is 7.82. The van der Waals surface area contributed by atoms with Crippen LogP contribution in [0.2, 0.25) is 0 Å². The van der Waals surface area contributed by atoms with Gasteiger partial charge in [0.15, 0.2) is 0 Å². The van der Waals surface area contributed by atoms with E-state index in [9.17, 15) is 0 Å². The second-order valence-electron chi connectivity index (χ2n) is 2.16. The second-order valence-corrected chi connectivity index (χ2v) is 2.16. The van der Waals surface area contributed by atoms with Crippen molar-refractivity contribution in [2.75, 3.05) is 26.8 Å². The van der Waals surface area contributed by atoms with E-state index < -0.39 is 0 Å². The van der Waals surface area contributed by atoms with E-state index in [0.717, 1.165) is 26.1 Å². The normalized spacial score (nSPS) is 9.40. The van der Waals surface area contributed by atoms with Gasteiger partial charge in [-0.1, -0.05) is 6.58 Å². The molecule has 0 bridgehead atoms. The predicted octanol–water partition coefficient (Wildman–Crippen LogP) is 1.49. The Labute approximate surface area is 63.5 Å². The molecule has 2 heteroatoms. The van der Waals surface area contributed by atoms with Gasteiger partial charge in [-0.2, -0.15) is 0 Å². The molecule has 0 amide bonds. The Morgan fingerprint density at radius 3 is 2.70 bits per heavy atom. The van der Waals surface area contributed by atoms with Gasteiger partial charge < -0.3 is 9.64 Å². The molecule has 0 aromatic carbocycles. The van der Waals surface area contributed by atoms with Crippen LogP contribution in [-0.2, 0) is 4.74 Å². The SMILES string of the molecule is C=CN(CC)CCCOC. The minimum atomic E-state index is 0.838. The van der Waals surface area contributed by atoms with E-state index in [1.54, 1.807) is 7.11 Å². The number of methoxy groups -OCH3 is 1. The van der Waals surface area contributed by atoms with E-state index in [2.05, 4.69) is 18.4 Å². The molecule has 0 rings (SSSR count). The van der Waals surface area contributed by atoms with E-state index >= 15 is 0 Å². The van der Waals surface area contributed by atoms with Gasteiger partial charge in [-0.05, 0) is 19.5 Å². The van der Waals surface area contributed by atoms with Gasteiger partial charge in [0, 0.05) is 26.8 Å². The van der Waals surface area contributed by atoms with Gasteiger partial charge >= 0.3 is 0 Å². The van der Waals surface area contributed by atoms with Crippen molar-refractivity contribution in [2.24, 2.45) is 0 Å². The maximum atomic E-state index is 4.92. The highest BCUT2D eigenvalue weighted by Crippen LogP contribution is 1.90. The van der Waals surface area contributed by atoms with E-state index in [0.29, 0.717) is 0 Å². The summed E-state index contributed by atoms with van der Waals surface area (Å²) in [6.45, 7) is 8.74. The zero-order valence-electron chi connectivity index (χ0n) is 6.97. The Morgan fingerprint density at radius 2 is 2.30 bits per heavy atom. The summed E-state index contributed by atoms with van der Waals surface area (Å²) in [5.41, 5.74) is 0. The summed E-state index contributed by atoms with van der Waals surface area (Å²) >= 11 is 0. The van der Waals surface area contributed by atoms with Gasteiger partial charge in [0.2, 0.25) is 0 Å². The first-order valence-electron chi connectivity index (χ1n) is 3.70. The Kier molecular flexibility index (Phi) is 6.29. The molecule has 0 aliphatic carbocycles. The summed E-state index contributed by atoms with van der Waals surface area (Å²) in [4.78, 5) is 2.17. The van der Waals surface area contributed by atoms with Crippen molar-refractivity contribution >= 4 is 0 Å². The largest absolute Gasteiger partial charge is 0.385 e. The van der Waals surface area contributed by atoms with Crippen molar-refractivity contribution in [1.82, 2.24) is 4.90 Å². The van der Waals surface area contributed by atoms with E-state index in [4.69, 9.17) is 4.74 Å². The molecule has 0 unspecified atom stereocenters. The summed E-state index contributed by atoms with van der Waals surface area (Å²) in [6.07, 6.45) is 2.95. The number of rotatable bonds is 6. The minimum Gasteiger partial charge on any atom is -0.385 e. The Hall–Kier alpha value is -0.500. The van der Waals surface area contributed by atoms with Crippen molar-refractivity contribution in [3.8, 4) is 0 Å². The molecular weight excluding hydrogens is 126 g/mol. The van der Waals surface area contributed by atoms with Crippen LogP contribution in [0.1, 0.15) is 13.3 Å². The van der Waals surface area contributed by atoms with E-state index in [-0.39, 0.29) is 0 Å². The van der Waals surface area contributed by atoms with Gasteiger partial charge in [0.25, 0.3) is 0 Å². The lowest BCUT2D eigenvalue weighted by Crippen LogP contribution is -2.18.